The molecular weight excluding hydrogens is 286 g/mol. The van der Waals surface area contributed by atoms with Crippen molar-refractivity contribution in [1.82, 2.24) is 0 Å². The van der Waals surface area contributed by atoms with Crippen molar-refractivity contribution in [2.45, 2.75) is 6.92 Å². The normalized spacial score (nSPS) is 11.0. The van der Waals surface area contributed by atoms with Crippen LogP contribution in [0.5, 0.6) is 0 Å². The van der Waals surface area contributed by atoms with Gasteiger partial charge in [-0.3, -0.25) is 14.9 Å². The predicted octanol–water partition coefficient (Wildman–Crippen LogP) is 3.05. The van der Waals surface area contributed by atoms with Gasteiger partial charge in [-0.25, -0.2) is 0 Å². The Labute approximate surface area is 126 Å². The lowest BCUT2D eigenvalue weighted by atomic mass is 10.1. The van der Waals surface area contributed by atoms with Gasteiger partial charge in [-0.05, 0) is 19.1 Å². The second-order valence-electron chi connectivity index (χ2n) is 4.49. The summed E-state index contributed by atoms with van der Waals surface area (Å²) < 4.78 is 0. The number of benzene rings is 2. The fourth-order valence-corrected chi connectivity index (χ4v) is 1.92. The lowest BCUT2D eigenvalue weighted by Crippen LogP contribution is -2.14. The zero-order chi connectivity index (χ0) is 16.1. The SMILES string of the molecule is C/C(=N\O)c1ccccc1NC(=O)c1cccc([N+](=O)[O-])c1. The van der Waals surface area contributed by atoms with Crippen LogP contribution >= 0.6 is 0 Å². The summed E-state index contributed by atoms with van der Waals surface area (Å²) >= 11 is 0. The van der Waals surface area contributed by atoms with Gasteiger partial charge in [0.05, 0.1) is 16.3 Å². The molecule has 0 aliphatic carbocycles. The summed E-state index contributed by atoms with van der Waals surface area (Å²) in [5, 5.41) is 25.4. The van der Waals surface area contributed by atoms with Crippen molar-refractivity contribution in [3.8, 4) is 0 Å². The van der Waals surface area contributed by atoms with Gasteiger partial charge in [-0.15, -0.1) is 0 Å². The van der Waals surface area contributed by atoms with Crippen LogP contribution in [-0.4, -0.2) is 21.7 Å². The Morgan fingerprint density at radius 1 is 1.23 bits per heavy atom. The van der Waals surface area contributed by atoms with Crippen molar-refractivity contribution in [1.29, 1.82) is 0 Å². The number of oxime groups is 1. The first-order valence-corrected chi connectivity index (χ1v) is 6.37. The highest BCUT2D eigenvalue weighted by Gasteiger charge is 2.13. The topological polar surface area (TPSA) is 105 Å². The lowest BCUT2D eigenvalue weighted by Gasteiger charge is -2.10. The van der Waals surface area contributed by atoms with Gasteiger partial charge in [0.25, 0.3) is 11.6 Å². The van der Waals surface area contributed by atoms with E-state index >= 15 is 0 Å². The van der Waals surface area contributed by atoms with Crippen LogP contribution in [0.3, 0.4) is 0 Å². The fourth-order valence-electron chi connectivity index (χ4n) is 1.92. The number of amides is 1. The summed E-state index contributed by atoms with van der Waals surface area (Å²) in [7, 11) is 0. The number of nitro benzene ring substituents is 1. The molecule has 7 heteroatoms. The molecule has 0 bridgehead atoms. The van der Waals surface area contributed by atoms with Gasteiger partial charge in [0.2, 0.25) is 0 Å². The number of para-hydroxylation sites is 1. The molecule has 2 rings (SSSR count). The van der Waals surface area contributed by atoms with Crippen LogP contribution in [0.15, 0.2) is 53.7 Å². The van der Waals surface area contributed by atoms with Crippen LogP contribution in [0.4, 0.5) is 11.4 Å². The second kappa shape index (κ2) is 6.49. The lowest BCUT2D eigenvalue weighted by molar-refractivity contribution is -0.384. The minimum Gasteiger partial charge on any atom is -0.411 e. The van der Waals surface area contributed by atoms with E-state index in [2.05, 4.69) is 10.5 Å². The van der Waals surface area contributed by atoms with E-state index < -0.39 is 10.8 Å². The molecule has 2 aromatic carbocycles. The highest BCUT2D eigenvalue weighted by molar-refractivity contribution is 6.10. The molecule has 22 heavy (non-hydrogen) atoms. The number of carbonyl (C=O) groups is 1. The Morgan fingerprint density at radius 3 is 2.64 bits per heavy atom. The number of nitro groups is 1. The molecule has 7 nitrogen and oxygen atoms in total. The van der Waals surface area contributed by atoms with Crippen molar-refractivity contribution < 1.29 is 14.9 Å². The minimum absolute atomic E-state index is 0.158. The summed E-state index contributed by atoms with van der Waals surface area (Å²) in [6.07, 6.45) is 0. The third-order valence-electron chi connectivity index (χ3n) is 3.03. The van der Waals surface area contributed by atoms with Gasteiger partial charge in [0.1, 0.15) is 0 Å². The largest absolute Gasteiger partial charge is 0.411 e. The molecule has 2 N–H and O–H groups in total. The predicted molar refractivity (Wildman–Crippen MR) is 81.5 cm³/mol. The number of hydrogen-bond acceptors (Lipinski definition) is 5. The molecular formula is C15H13N3O4. The number of non-ortho nitro benzene ring substituents is 1. The molecule has 0 aliphatic heterocycles. The van der Waals surface area contributed by atoms with E-state index in [4.69, 9.17) is 5.21 Å². The van der Waals surface area contributed by atoms with Gasteiger partial charge < -0.3 is 10.5 Å². The van der Waals surface area contributed by atoms with Gasteiger partial charge in [0, 0.05) is 23.3 Å². The van der Waals surface area contributed by atoms with Gasteiger partial charge in [-0.2, -0.15) is 0 Å². The molecule has 0 unspecified atom stereocenters. The Kier molecular flexibility index (Phi) is 4.47. The number of rotatable bonds is 4. The van der Waals surface area contributed by atoms with Crippen LogP contribution in [0.2, 0.25) is 0 Å². The third kappa shape index (κ3) is 3.26. The van der Waals surface area contributed by atoms with Crippen molar-refractivity contribution in [2.24, 2.45) is 5.16 Å². The van der Waals surface area contributed by atoms with Crippen molar-refractivity contribution in [3.63, 3.8) is 0 Å². The smallest absolute Gasteiger partial charge is 0.270 e. The van der Waals surface area contributed by atoms with E-state index in [-0.39, 0.29) is 11.3 Å². The number of hydrogen-bond donors (Lipinski definition) is 2. The molecule has 2 aromatic rings. The van der Waals surface area contributed by atoms with E-state index in [0.717, 1.165) is 0 Å². The molecule has 0 atom stereocenters. The molecule has 0 fully saturated rings. The van der Waals surface area contributed by atoms with Gasteiger partial charge >= 0.3 is 0 Å². The summed E-state index contributed by atoms with van der Waals surface area (Å²) in [5.41, 5.74) is 1.37. The number of nitrogens with zero attached hydrogens (tertiary/aromatic N) is 2. The zero-order valence-corrected chi connectivity index (χ0v) is 11.7. The molecule has 0 radical (unpaired) electrons. The van der Waals surface area contributed by atoms with Crippen molar-refractivity contribution in [3.05, 3.63) is 69.8 Å². The third-order valence-corrected chi connectivity index (χ3v) is 3.03. The van der Waals surface area contributed by atoms with Crippen LogP contribution in [-0.2, 0) is 0 Å². The molecule has 0 saturated heterocycles. The first kappa shape index (κ1) is 15.2. The quantitative estimate of drug-likeness (QED) is 0.392. The maximum absolute atomic E-state index is 12.2. The summed E-state index contributed by atoms with van der Waals surface area (Å²) in [6, 6.07) is 12.2. The molecule has 0 saturated carbocycles. The molecule has 0 spiro atoms. The van der Waals surface area contributed by atoms with Crippen LogP contribution in [0.25, 0.3) is 0 Å². The number of nitrogens with one attached hydrogen (secondary N) is 1. The molecule has 0 heterocycles. The highest BCUT2D eigenvalue weighted by atomic mass is 16.6. The van der Waals surface area contributed by atoms with E-state index in [0.29, 0.717) is 17.0 Å². The van der Waals surface area contributed by atoms with E-state index in [1.165, 1.54) is 24.3 Å². The van der Waals surface area contributed by atoms with Crippen LogP contribution in [0, 0.1) is 10.1 Å². The average molecular weight is 299 g/mol. The van der Waals surface area contributed by atoms with Crippen LogP contribution < -0.4 is 5.32 Å². The molecule has 0 aromatic heterocycles. The van der Waals surface area contributed by atoms with E-state index in [1.54, 1.807) is 31.2 Å². The fraction of sp³-hybridized carbons (Fsp3) is 0.0667. The second-order valence-corrected chi connectivity index (χ2v) is 4.49. The molecule has 1 amide bonds. The average Bonchev–Trinajstić information content (AvgIpc) is 2.54. The Hall–Kier alpha value is -3.22. The van der Waals surface area contributed by atoms with Crippen LogP contribution in [0.1, 0.15) is 22.8 Å². The van der Waals surface area contributed by atoms with E-state index in [1.807, 2.05) is 0 Å². The summed E-state index contributed by atoms with van der Waals surface area (Å²) in [5.74, 6) is -0.484. The maximum atomic E-state index is 12.2. The highest BCUT2D eigenvalue weighted by Crippen LogP contribution is 2.19. The first-order chi connectivity index (χ1) is 10.5. The standard InChI is InChI=1S/C15H13N3O4/c1-10(17-20)13-7-2-3-8-14(13)16-15(19)11-5-4-6-12(9-11)18(21)22/h2-9,20H,1H3,(H,16,19)/b17-10+. The first-order valence-electron chi connectivity index (χ1n) is 6.37. The van der Waals surface area contributed by atoms with Crippen molar-refractivity contribution in [2.75, 3.05) is 5.32 Å². The summed E-state index contributed by atoms with van der Waals surface area (Å²) in [4.78, 5) is 22.4. The Bertz CT molecular complexity index is 756. The van der Waals surface area contributed by atoms with Gasteiger partial charge in [-0.1, -0.05) is 29.4 Å². The Balaban J connectivity index is 2.30. The molecule has 0 aliphatic rings. The van der Waals surface area contributed by atoms with Gasteiger partial charge in [0.15, 0.2) is 0 Å². The number of carbonyl (C=O) groups excluding carboxylic acids is 1. The number of anilines is 1. The molecule has 112 valence electrons. The summed E-state index contributed by atoms with van der Waals surface area (Å²) in [6.45, 7) is 1.60. The minimum atomic E-state index is -0.562. The maximum Gasteiger partial charge on any atom is 0.270 e. The Morgan fingerprint density at radius 2 is 1.95 bits per heavy atom. The van der Waals surface area contributed by atoms with Crippen molar-refractivity contribution >= 4 is 23.0 Å². The zero-order valence-electron chi connectivity index (χ0n) is 11.7. The monoisotopic (exact) mass is 299 g/mol. The van der Waals surface area contributed by atoms with E-state index in [9.17, 15) is 14.9 Å².